The van der Waals surface area contributed by atoms with Crippen LogP contribution >= 0.6 is 27.7 Å². The minimum Gasteiger partial charge on any atom is -0.351 e. The Hall–Kier alpha value is -1.40. The molecule has 0 saturated heterocycles. The summed E-state index contributed by atoms with van der Waals surface area (Å²) in [6, 6.07) is 11.3. The van der Waals surface area contributed by atoms with Gasteiger partial charge in [0.25, 0.3) is 5.91 Å². The number of halogens is 2. The van der Waals surface area contributed by atoms with Gasteiger partial charge in [0.15, 0.2) is 5.82 Å². The van der Waals surface area contributed by atoms with Crippen molar-refractivity contribution in [3.63, 3.8) is 0 Å². The van der Waals surface area contributed by atoms with Gasteiger partial charge < -0.3 is 5.32 Å². The molecule has 0 saturated carbocycles. The maximum atomic E-state index is 13.4. The van der Waals surface area contributed by atoms with Crippen LogP contribution in [0.3, 0.4) is 0 Å². The fraction of sp³-hybridized carbons (Fsp3) is 0.143. The smallest absolute Gasteiger partial charge is 0.254 e. The van der Waals surface area contributed by atoms with Gasteiger partial charge >= 0.3 is 0 Å². The number of nitrogens with one attached hydrogen (secondary N) is 1. The summed E-state index contributed by atoms with van der Waals surface area (Å²) < 4.78 is 13.9. The van der Waals surface area contributed by atoms with Crippen molar-refractivity contribution in [3.05, 3.63) is 58.6 Å². The molecule has 20 heavy (non-hydrogen) atoms. The van der Waals surface area contributed by atoms with Gasteiger partial charge in [0.1, 0.15) is 4.60 Å². The molecule has 1 aromatic heterocycles. The number of pyridine rings is 1. The molecule has 0 radical (unpaired) electrons. The van der Waals surface area contributed by atoms with E-state index in [0.717, 1.165) is 16.8 Å². The Morgan fingerprint density at radius 2 is 2.10 bits per heavy atom. The van der Waals surface area contributed by atoms with Crippen LogP contribution in [-0.4, -0.2) is 23.2 Å². The van der Waals surface area contributed by atoms with Crippen LogP contribution in [0.2, 0.25) is 0 Å². The minimum atomic E-state index is -0.624. The summed E-state index contributed by atoms with van der Waals surface area (Å²) >= 11 is 4.75. The molecule has 0 bridgehead atoms. The van der Waals surface area contributed by atoms with Crippen LogP contribution in [0, 0.1) is 5.82 Å². The number of benzene rings is 1. The van der Waals surface area contributed by atoms with Crippen LogP contribution < -0.4 is 5.32 Å². The topological polar surface area (TPSA) is 42.0 Å². The van der Waals surface area contributed by atoms with Gasteiger partial charge in [-0.3, -0.25) is 4.79 Å². The average Bonchev–Trinajstić information content (AvgIpc) is 2.47. The first-order chi connectivity index (χ1) is 9.66. The summed E-state index contributed by atoms with van der Waals surface area (Å²) in [4.78, 5) is 16.7. The molecule has 0 atom stereocenters. The van der Waals surface area contributed by atoms with Gasteiger partial charge in [-0.2, -0.15) is 0 Å². The normalized spacial score (nSPS) is 10.3. The summed E-state index contributed by atoms with van der Waals surface area (Å²) in [5.74, 6) is -0.329. The molecule has 1 heterocycles. The molecule has 104 valence electrons. The van der Waals surface area contributed by atoms with Crippen molar-refractivity contribution < 1.29 is 9.18 Å². The lowest BCUT2D eigenvalue weighted by Crippen LogP contribution is -2.26. The second-order valence-corrected chi connectivity index (χ2v) is 5.89. The van der Waals surface area contributed by atoms with E-state index in [4.69, 9.17) is 0 Å². The van der Waals surface area contributed by atoms with Crippen LogP contribution in [0.4, 0.5) is 4.39 Å². The highest BCUT2D eigenvalue weighted by Crippen LogP contribution is 2.16. The first-order valence-corrected chi connectivity index (χ1v) is 7.72. The number of hydrogen-bond donors (Lipinski definition) is 1. The molecular formula is C14H12BrFN2OS. The van der Waals surface area contributed by atoms with Crippen molar-refractivity contribution in [2.24, 2.45) is 0 Å². The fourth-order valence-corrected chi connectivity index (χ4v) is 2.65. The van der Waals surface area contributed by atoms with Crippen molar-refractivity contribution in [1.82, 2.24) is 10.3 Å². The molecule has 0 unspecified atom stereocenters. The molecule has 2 aromatic rings. The zero-order valence-electron chi connectivity index (χ0n) is 10.5. The zero-order valence-corrected chi connectivity index (χ0v) is 12.9. The van der Waals surface area contributed by atoms with E-state index in [1.807, 2.05) is 30.3 Å². The van der Waals surface area contributed by atoms with E-state index in [1.165, 1.54) is 6.07 Å². The van der Waals surface area contributed by atoms with Gasteiger partial charge in [0, 0.05) is 17.2 Å². The Morgan fingerprint density at radius 1 is 1.35 bits per heavy atom. The van der Waals surface area contributed by atoms with Crippen LogP contribution in [0.15, 0.2) is 52.1 Å². The molecule has 6 heteroatoms. The first kappa shape index (κ1) is 15.0. The lowest BCUT2D eigenvalue weighted by Gasteiger charge is -2.06. The lowest BCUT2D eigenvalue weighted by atomic mass is 10.2. The Kier molecular flexibility index (Phi) is 5.55. The third-order valence-electron chi connectivity index (χ3n) is 2.47. The summed E-state index contributed by atoms with van der Waals surface area (Å²) in [7, 11) is 0. The Bertz CT molecular complexity index is 595. The van der Waals surface area contributed by atoms with E-state index >= 15 is 0 Å². The largest absolute Gasteiger partial charge is 0.351 e. The monoisotopic (exact) mass is 354 g/mol. The molecule has 3 nitrogen and oxygen atoms in total. The van der Waals surface area contributed by atoms with E-state index < -0.39 is 11.7 Å². The molecule has 1 amide bonds. The molecular weight excluding hydrogens is 343 g/mol. The van der Waals surface area contributed by atoms with Crippen molar-refractivity contribution >= 4 is 33.6 Å². The third-order valence-corrected chi connectivity index (χ3v) is 3.91. The Balaban J connectivity index is 1.82. The average molecular weight is 355 g/mol. The first-order valence-electron chi connectivity index (χ1n) is 5.94. The number of rotatable bonds is 5. The Morgan fingerprint density at radius 3 is 2.85 bits per heavy atom. The standard InChI is InChI=1S/C14H12BrFN2OS/c15-13-8-11(12(16)9-18-13)14(19)17-6-7-20-10-4-2-1-3-5-10/h1-5,8-9H,6-7H2,(H,17,19). The number of thioether (sulfide) groups is 1. The van der Waals surface area contributed by atoms with Crippen molar-refractivity contribution in [2.45, 2.75) is 4.90 Å². The molecule has 0 spiro atoms. The molecule has 1 aromatic carbocycles. The van der Waals surface area contributed by atoms with Crippen molar-refractivity contribution in [2.75, 3.05) is 12.3 Å². The van der Waals surface area contributed by atoms with Crippen LogP contribution in [0.1, 0.15) is 10.4 Å². The van der Waals surface area contributed by atoms with Gasteiger partial charge in [0.2, 0.25) is 0 Å². The minimum absolute atomic E-state index is 0.00316. The predicted octanol–water partition coefficient (Wildman–Crippen LogP) is 3.51. The number of hydrogen-bond acceptors (Lipinski definition) is 3. The maximum absolute atomic E-state index is 13.4. The molecule has 0 aliphatic carbocycles. The fourth-order valence-electron chi connectivity index (χ4n) is 1.53. The highest BCUT2D eigenvalue weighted by molar-refractivity contribution is 9.10. The molecule has 0 fully saturated rings. The number of amides is 1. The van der Waals surface area contributed by atoms with Gasteiger partial charge in [-0.15, -0.1) is 11.8 Å². The highest BCUT2D eigenvalue weighted by Gasteiger charge is 2.12. The summed E-state index contributed by atoms with van der Waals surface area (Å²) in [6.07, 6.45) is 1.03. The van der Waals surface area contributed by atoms with Gasteiger partial charge in [0.05, 0.1) is 11.8 Å². The third kappa shape index (κ3) is 4.31. The van der Waals surface area contributed by atoms with Gasteiger partial charge in [-0.05, 0) is 34.1 Å². The van der Waals surface area contributed by atoms with Crippen LogP contribution in [-0.2, 0) is 0 Å². The predicted molar refractivity (Wildman–Crippen MR) is 81.4 cm³/mol. The molecule has 0 aliphatic rings. The van der Waals surface area contributed by atoms with E-state index in [1.54, 1.807) is 11.8 Å². The molecule has 1 N–H and O–H groups in total. The van der Waals surface area contributed by atoms with E-state index in [2.05, 4.69) is 26.2 Å². The quantitative estimate of drug-likeness (QED) is 0.507. The number of nitrogens with zero attached hydrogens (tertiary/aromatic N) is 1. The van der Waals surface area contributed by atoms with Crippen LogP contribution in [0.5, 0.6) is 0 Å². The van der Waals surface area contributed by atoms with Gasteiger partial charge in [-0.1, -0.05) is 18.2 Å². The zero-order chi connectivity index (χ0) is 14.4. The molecule has 0 aliphatic heterocycles. The van der Waals surface area contributed by atoms with Crippen molar-refractivity contribution in [1.29, 1.82) is 0 Å². The highest BCUT2D eigenvalue weighted by atomic mass is 79.9. The van der Waals surface area contributed by atoms with Crippen LogP contribution in [0.25, 0.3) is 0 Å². The van der Waals surface area contributed by atoms with Crippen molar-refractivity contribution in [3.8, 4) is 0 Å². The maximum Gasteiger partial charge on any atom is 0.254 e. The second-order valence-electron chi connectivity index (χ2n) is 3.90. The SMILES string of the molecule is O=C(NCCSc1ccccc1)c1cc(Br)ncc1F. The van der Waals surface area contributed by atoms with E-state index in [0.29, 0.717) is 11.1 Å². The summed E-state index contributed by atoms with van der Waals surface area (Å²) in [5.41, 5.74) is -0.00316. The number of carbonyl (C=O) groups excluding carboxylic acids is 1. The Labute approximate surface area is 129 Å². The molecule has 2 rings (SSSR count). The van der Waals surface area contributed by atoms with E-state index in [9.17, 15) is 9.18 Å². The summed E-state index contributed by atoms with van der Waals surface area (Å²) in [5, 5.41) is 2.69. The number of aromatic nitrogens is 1. The number of carbonyl (C=O) groups is 1. The lowest BCUT2D eigenvalue weighted by molar-refractivity contribution is 0.0952. The summed E-state index contributed by atoms with van der Waals surface area (Å²) in [6.45, 7) is 0.470. The second kappa shape index (κ2) is 7.40. The van der Waals surface area contributed by atoms with E-state index in [-0.39, 0.29) is 5.56 Å². The van der Waals surface area contributed by atoms with Gasteiger partial charge in [-0.25, -0.2) is 9.37 Å².